The molecule has 1 unspecified atom stereocenters. The van der Waals surface area contributed by atoms with Gasteiger partial charge in [0.15, 0.2) is 24.7 Å². The zero-order valence-corrected chi connectivity index (χ0v) is 25.9. The molecule has 0 bridgehead atoms. The molecule has 240 valence electrons. The molecule has 18 nitrogen and oxygen atoms in total. The molecule has 0 aromatic heterocycles. The minimum absolute atomic E-state index is 0. The molecule has 1 saturated carbocycles. The van der Waals surface area contributed by atoms with Crippen molar-refractivity contribution in [1.82, 2.24) is 0 Å². The van der Waals surface area contributed by atoms with Gasteiger partial charge in [-0.15, -0.1) is 0 Å². The van der Waals surface area contributed by atoms with Crippen LogP contribution in [0.15, 0.2) is 0 Å². The van der Waals surface area contributed by atoms with Crippen molar-refractivity contribution in [2.75, 3.05) is 13.2 Å². The number of hydrogen-bond donors (Lipinski definition) is 8. The van der Waals surface area contributed by atoms with E-state index >= 15 is 0 Å². The van der Waals surface area contributed by atoms with Crippen molar-refractivity contribution in [3.05, 3.63) is 0 Å². The number of rotatable bonds is 10. The van der Waals surface area contributed by atoms with Gasteiger partial charge >= 0.3 is 29.6 Å². The largest absolute Gasteiger partial charge is 1.00 e. The summed E-state index contributed by atoms with van der Waals surface area (Å²) in [5, 5.41) is 83.6. The van der Waals surface area contributed by atoms with Gasteiger partial charge in [0.1, 0.15) is 48.8 Å². The van der Waals surface area contributed by atoms with Gasteiger partial charge in [-0.2, -0.15) is 0 Å². The maximum Gasteiger partial charge on any atom is 1.00 e. The van der Waals surface area contributed by atoms with E-state index in [0.29, 0.717) is 6.42 Å². The number of fused-ring (bicyclic) bond motifs is 1. The zero-order chi connectivity index (χ0) is 30.4. The van der Waals surface area contributed by atoms with Gasteiger partial charge in [0, 0.05) is 13.0 Å². The molecular weight excluding hydrogens is 607 g/mol. The third-order valence-electron chi connectivity index (χ3n) is 7.64. The Labute approximate surface area is 263 Å². The van der Waals surface area contributed by atoms with E-state index in [9.17, 15) is 53.8 Å². The molecule has 0 amide bonds. The molecular formula is C22H37NaO18S. The Hall–Kier alpha value is 0.310. The van der Waals surface area contributed by atoms with Crippen LogP contribution in [0.4, 0.5) is 0 Å². The average Bonchev–Trinajstić information content (AvgIpc) is 2.88. The van der Waals surface area contributed by atoms with Crippen LogP contribution in [0, 0.1) is 5.92 Å². The van der Waals surface area contributed by atoms with Crippen molar-refractivity contribution in [2.24, 2.45) is 5.92 Å². The van der Waals surface area contributed by atoms with E-state index < -0.39 is 121 Å². The van der Waals surface area contributed by atoms with E-state index in [1.807, 2.05) is 0 Å². The zero-order valence-electron chi connectivity index (χ0n) is 23.1. The average molecular weight is 645 g/mol. The van der Waals surface area contributed by atoms with Gasteiger partial charge in [-0.1, -0.05) is 6.92 Å². The first-order valence-corrected chi connectivity index (χ1v) is 14.4. The second-order valence-corrected chi connectivity index (χ2v) is 11.5. The van der Waals surface area contributed by atoms with E-state index in [1.54, 1.807) is 6.92 Å². The molecule has 1 aliphatic carbocycles. The summed E-state index contributed by atoms with van der Waals surface area (Å²) in [6.45, 7) is 2.58. The first-order valence-electron chi connectivity index (χ1n) is 13.1. The number of aliphatic hydroxyl groups excluding tert-OH is 7. The van der Waals surface area contributed by atoms with Crippen molar-refractivity contribution < 1.29 is 116 Å². The number of ether oxygens (including phenoxy) is 6. The molecule has 3 aliphatic heterocycles. The van der Waals surface area contributed by atoms with Crippen LogP contribution < -0.4 is 29.6 Å². The summed E-state index contributed by atoms with van der Waals surface area (Å²) < 4.78 is 71.0. The predicted molar refractivity (Wildman–Crippen MR) is 125 cm³/mol. The van der Waals surface area contributed by atoms with Crippen molar-refractivity contribution in [2.45, 2.75) is 118 Å². The first-order chi connectivity index (χ1) is 19.1. The first kappa shape index (κ1) is 36.8. The van der Waals surface area contributed by atoms with Crippen LogP contribution in [0.1, 0.15) is 26.7 Å². The second-order valence-electron chi connectivity index (χ2n) is 10.6. The van der Waals surface area contributed by atoms with Gasteiger partial charge in [-0.05, 0) is 13.3 Å². The van der Waals surface area contributed by atoms with Crippen molar-refractivity contribution in [1.29, 1.82) is 0 Å². The summed E-state index contributed by atoms with van der Waals surface area (Å²) in [6.07, 6.45) is -21.9. The Morgan fingerprint density at radius 2 is 1.45 bits per heavy atom. The molecule has 3 heterocycles. The van der Waals surface area contributed by atoms with Crippen molar-refractivity contribution in [3.63, 3.8) is 0 Å². The van der Waals surface area contributed by atoms with Crippen molar-refractivity contribution in [3.8, 4) is 0 Å². The smallest absolute Gasteiger partial charge is 0.725 e. The Bertz CT molecular complexity index is 992. The van der Waals surface area contributed by atoms with Crippen LogP contribution in [0.25, 0.3) is 0 Å². The summed E-state index contributed by atoms with van der Waals surface area (Å²) in [6, 6.07) is 0. The van der Waals surface area contributed by atoms with E-state index in [4.69, 9.17) is 28.4 Å². The van der Waals surface area contributed by atoms with E-state index in [2.05, 4.69) is 4.18 Å². The van der Waals surface area contributed by atoms with E-state index in [1.165, 1.54) is 6.92 Å². The number of hydrogen-bond acceptors (Lipinski definition) is 18. The molecule has 0 aromatic carbocycles. The van der Waals surface area contributed by atoms with Crippen LogP contribution in [0.3, 0.4) is 0 Å². The van der Waals surface area contributed by atoms with Crippen LogP contribution >= 0.6 is 0 Å². The van der Waals surface area contributed by atoms with Gasteiger partial charge in [-0.25, -0.2) is 12.6 Å². The molecule has 4 fully saturated rings. The third kappa shape index (κ3) is 7.47. The second kappa shape index (κ2) is 14.4. The standard InChI is InChI=1S/C22H38O18S.Na/c1-3-4-34-19-16(29)18(17(9(6-23)37-19)38-20-15(28)13(26)11(24)7(2)35-20)39-21-14(27)12(25)10-8(36-21)5-22(10,30)40-41(31,32)33;/h7-21,23-30H,3-6H2,1-2H3,(H,31,32,33);/q;+1/p-1/t7-,8+,9+,10-,11+,12-,13+,14+,15-,16+,17+,18+,19+,20-,21-,22?;/m0./s1. The maximum absolute atomic E-state index is 11.1. The topological polar surface area (TPSA) is 284 Å². The molecule has 0 aromatic rings. The Balaban J connectivity index is 0.00000484. The summed E-state index contributed by atoms with van der Waals surface area (Å²) in [4.78, 5) is 0. The van der Waals surface area contributed by atoms with Crippen LogP contribution in [0.5, 0.6) is 0 Å². The Kier molecular flexibility index (Phi) is 12.6. The molecule has 16 atom stereocenters. The SMILES string of the molecule is CCCO[C@@H]1O[C@H](CO)[C@@H](O[C@@H]2O[C@@H](C)[C@@H](O)[C@@H](O)[C@@H]2O)[C@H](O[C@@H]2O[C@@H]3CC(O)(OS(=O)(=O)[O-])[C@@H]3[C@H](O)[C@H]2O)[C@H]1O.[Na+]. The third-order valence-corrected chi connectivity index (χ3v) is 8.13. The molecule has 4 aliphatic rings. The van der Waals surface area contributed by atoms with Gasteiger partial charge < -0.3 is 73.8 Å². The van der Waals surface area contributed by atoms with E-state index in [-0.39, 0.29) is 36.2 Å². The fourth-order valence-corrected chi connectivity index (χ4v) is 6.01. The molecule has 0 spiro atoms. The maximum atomic E-state index is 11.1. The molecule has 3 saturated heterocycles. The van der Waals surface area contributed by atoms with Crippen LogP contribution in [0.2, 0.25) is 0 Å². The molecule has 0 radical (unpaired) electrons. The predicted octanol–water partition coefficient (Wildman–Crippen LogP) is -8.28. The fraction of sp³-hybridized carbons (Fsp3) is 1.00. The van der Waals surface area contributed by atoms with Gasteiger partial charge in [0.2, 0.25) is 10.4 Å². The van der Waals surface area contributed by atoms with Crippen molar-refractivity contribution >= 4 is 10.4 Å². The minimum Gasteiger partial charge on any atom is -0.725 e. The minimum atomic E-state index is -5.38. The van der Waals surface area contributed by atoms with Crippen LogP contribution in [-0.4, -0.2) is 159 Å². The normalized spacial score (nSPS) is 49.5. The van der Waals surface area contributed by atoms with E-state index in [0.717, 1.165) is 0 Å². The molecule has 20 heteroatoms. The number of aliphatic hydroxyl groups is 8. The van der Waals surface area contributed by atoms with Gasteiger partial charge in [0.05, 0.1) is 30.8 Å². The molecule has 42 heavy (non-hydrogen) atoms. The van der Waals surface area contributed by atoms with Gasteiger partial charge in [-0.3, -0.25) is 0 Å². The fourth-order valence-electron chi connectivity index (χ4n) is 5.47. The van der Waals surface area contributed by atoms with Gasteiger partial charge in [0.25, 0.3) is 0 Å². The molecule has 4 rings (SSSR count). The quantitative estimate of drug-likeness (QED) is 0.0474. The summed E-state index contributed by atoms with van der Waals surface area (Å²) >= 11 is 0. The Morgan fingerprint density at radius 1 is 0.857 bits per heavy atom. The summed E-state index contributed by atoms with van der Waals surface area (Å²) in [5.41, 5.74) is 0. The molecule has 8 N–H and O–H groups in total. The summed E-state index contributed by atoms with van der Waals surface area (Å²) in [7, 11) is -5.38. The monoisotopic (exact) mass is 644 g/mol. The van der Waals surface area contributed by atoms with Crippen LogP contribution in [-0.2, 0) is 43.0 Å². The summed E-state index contributed by atoms with van der Waals surface area (Å²) in [5.74, 6) is -4.20. The Morgan fingerprint density at radius 3 is 2.05 bits per heavy atom.